The van der Waals surface area contributed by atoms with Crippen molar-refractivity contribution in [1.82, 2.24) is 4.90 Å². The summed E-state index contributed by atoms with van der Waals surface area (Å²) >= 11 is 0. The van der Waals surface area contributed by atoms with Gasteiger partial charge < -0.3 is 23.8 Å². The monoisotopic (exact) mass is 446 g/mol. The van der Waals surface area contributed by atoms with Crippen molar-refractivity contribution in [2.75, 3.05) is 13.3 Å². The summed E-state index contributed by atoms with van der Waals surface area (Å²) in [4.78, 5) is 33.2. The number of rotatable bonds is 2. The summed E-state index contributed by atoms with van der Waals surface area (Å²) in [5, 5.41) is 4.29. The van der Waals surface area contributed by atoms with Crippen molar-refractivity contribution in [3.63, 3.8) is 0 Å². The number of likely N-dealkylation sites (tertiary alicyclic amines) is 1. The zero-order valence-corrected chi connectivity index (χ0v) is 19.4. The van der Waals surface area contributed by atoms with E-state index in [9.17, 15) is 9.59 Å². The number of oxime groups is 1. The summed E-state index contributed by atoms with van der Waals surface area (Å²) in [5.41, 5.74) is -0.648. The molecule has 1 aromatic rings. The third-order valence-electron chi connectivity index (χ3n) is 5.25. The lowest BCUT2D eigenvalue weighted by atomic mass is 9.91. The van der Waals surface area contributed by atoms with Gasteiger partial charge in [0, 0.05) is 18.4 Å². The molecule has 3 aliphatic heterocycles. The van der Waals surface area contributed by atoms with E-state index in [1.165, 1.54) is 4.90 Å². The van der Waals surface area contributed by atoms with Crippen LogP contribution < -0.4 is 9.47 Å². The Bertz CT molecular complexity index is 922. The molecule has 9 nitrogen and oxygen atoms in total. The second kappa shape index (κ2) is 7.56. The molecule has 0 aliphatic carbocycles. The van der Waals surface area contributed by atoms with Crippen LogP contribution in [0.4, 0.5) is 4.79 Å². The first kappa shape index (κ1) is 22.2. The smallest absolute Gasteiger partial charge is 0.411 e. The van der Waals surface area contributed by atoms with E-state index < -0.39 is 34.9 Å². The van der Waals surface area contributed by atoms with Gasteiger partial charge in [0.25, 0.3) is 0 Å². The standard InChI is InChI=1S/C23H30N2O7/c1-21(2,3)30-19(26)16-11-23(12-25(16)20(27)31-22(4,5)6)10-15(24-32-23)14-7-8-17-18(9-14)29-13-28-17/h7-9,16H,10-13H2,1-6H3/t16-,23+/m0/s1. The minimum Gasteiger partial charge on any atom is -0.458 e. The number of carbonyl (C=O) groups is 2. The number of nitrogens with zero attached hydrogens (tertiary/aromatic N) is 2. The molecular formula is C23H30N2O7. The average Bonchev–Trinajstić information content (AvgIpc) is 3.37. The van der Waals surface area contributed by atoms with Crippen molar-refractivity contribution in [3.05, 3.63) is 23.8 Å². The number of benzene rings is 1. The summed E-state index contributed by atoms with van der Waals surface area (Å²) < 4.78 is 22.0. The van der Waals surface area contributed by atoms with Crippen LogP contribution in [0, 0.1) is 0 Å². The Balaban J connectivity index is 1.54. The van der Waals surface area contributed by atoms with Crippen molar-refractivity contribution >= 4 is 17.8 Å². The topological polar surface area (TPSA) is 95.9 Å². The van der Waals surface area contributed by atoms with Crippen molar-refractivity contribution in [2.45, 2.75) is 77.2 Å². The maximum Gasteiger partial charge on any atom is 0.411 e. The fourth-order valence-corrected chi connectivity index (χ4v) is 3.99. The van der Waals surface area contributed by atoms with Crippen molar-refractivity contribution < 1.29 is 33.4 Å². The molecule has 0 radical (unpaired) electrons. The van der Waals surface area contributed by atoms with Gasteiger partial charge in [-0.1, -0.05) is 5.16 Å². The van der Waals surface area contributed by atoms with E-state index in [-0.39, 0.29) is 19.8 Å². The summed E-state index contributed by atoms with van der Waals surface area (Å²) in [5.74, 6) is 0.852. The Morgan fingerprint density at radius 1 is 1.06 bits per heavy atom. The Labute approximate surface area is 187 Å². The molecule has 1 aromatic carbocycles. The Kier molecular flexibility index (Phi) is 5.26. The molecule has 1 saturated heterocycles. The minimum atomic E-state index is -0.829. The summed E-state index contributed by atoms with van der Waals surface area (Å²) in [6, 6.07) is 4.75. The number of fused-ring (bicyclic) bond motifs is 1. The molecule has 0 aromatic heterocycles. The minimum absolute atomic E-state index is 0.170. The van der Waals surface area contributed by atoms with Gasteiger partial charge in [0.15, 0.2) is 17.1 Å². The average molecular weight is 447 g/mol. The van der Waals surface area contributed by atoms with Crippen LogP contribution in [-0.2, 0) is 19.1 Å². The molecule has 0 N–H and O–H groups in total. The van der Waals surface area contributed by atoms with E-state index >= 15 is 0 Å². The van der Waals surface area contributed by atoms with E-state index in [0.717, 1.165) is 11.3 Å². The van der Waals surface area contributed by atoms with Crippen LogP contribution in [0.2, 0.25) is 0 Å². The van der Waals surface area contributed by atoms with Gasteiger partial charge in [0.2, 0.25) is 6.79 Å². The highest BCUT2D eigenvalue weighted by Gasteiger charge is 2.55. The van der Waals surface area contributed by atoms with Gasteiger partial charge in [-0.15, -0.1) is 0 Å². The third kappa shape index (κ3) is 4.61. The maximum absolute atomic E-state index is 13.0. The van der Waals surface area contributed by atoms with E-state index in [1.54, 1.807) is 41.5 Å². The van der Waals surface area contributed by atoms with Crippen LogP contribution in [0.5, 0.6) is 11.5 Å². The van der Waals surface area contributed by atoms with Crippen LogP contribution in [0.3, 0.4) is 0 Å². The largest absolute Gasteiger partial charge is 0.458 e. The number of carbonyl (C=O) groups excluding carboxylic acids is 2. The molecule has 0 unspecified atom stereocenters. The van der Waals surface area contributed by atoms with Gasteiger partial charge in [0.05, 0.1) is 12.3 Å². The van der Waals surface area contributed by atoms with E-state index in [2.05, 4.69) is 5.16 Å². The molecule has 32 heavy (non-hydrogen) atoms. The zero-order valence-electron chi connectivity index (χ0n) is 19.4. The van der Waals surface area contributed by atoms with Crippen LogP contribution >= 0.6 is 0 Å². The second-order valence-corrected chi connectivity index (χ2v) is 10.4. The molecule has 1 spiro atoms. The van der Waals surface area contributed by atoms with Crippen molar-refractivity contribution in [2.24, 2.45) is 5.16 Å². The zero-order chi connectivity index (χ0) is 23.3. The highest BCUT2D eigenvalue weighted by atomic mass is 16.7. The molecule has 9 heteroatoms. The molecule has 0 bridgehead atoms. The molecule has 3 aliphatic rings. The van der Waals surface area contributed by atoms with E-state index in [1.807, 2.05) is 18.2 Å². The van der Waals surface area contributed by atoms with Crippen LogP contribution in [0.1, 0.15) is 59.9 Å². The predicted molar refractivity (Wildman–Crippen MR) is 115 cm³/mol. The molecule has 1 amide bonds. The summed E-state index contributed by atoms with van der Waals surface area (Å²) in [7, 11) is 0. The lowest BCUT2D eigenvalue weighted by molar-refractivity contribution is -0.160. The van der Waals surface area contributed by atoms with Crippen molar-refractivity contribution in [3.8, 4) is 11.5 Å². The van der Waals surface area contributed by atoms with E-state index in [4.69, 9.17) is 23.8 Å². The predicted octanol–water partition coefficient (Wildman–Crippen LogP) is 3.63. The number of ether oxygens (including phenoxy) is 4. The molecule has 174 valence electrons. The molecule has 4 rings (SSSR count). The number of hydrogen-bond donors (Lipinski definition) is 0. The Morgan fingerprint density at radius 2 is 1.75 bits per heavy atom. The molecule has 0 saturated carbocycles. The molecule has 1 fully saturated rings. The Morgan fingerprint density at radius 3 is 2.44 bits per heavy atom. The van der Waals surface area contributed by atoms with Crippen molar-refractivity contribution in [1.29, 1.82) is 0 Å². The summed E-state index contributed by atoms with van der Waals surface area (Å²) in [6.07, 6.45) is 0.120. The van der Waals surface area contributed by atoms with Crippen LogP contribution in [0.15, 0.2) is 23.4 Å². The van der Waals surface area contributed by atoms with Gasteiger partial charge in [-0.3, -0.25) is 4.90 Å². The second-order valence-electron chi connectivity index (χ2n) is 10.4. The lowest BCUT2D eigenvalue weighted by Crippen LogP contribution is -2.46. The van der Waals surface area contributed by atoms with E-state index in [0.29, 0.717) is 17.9 Å². The highest BCUT2D eigenvalue weighted by Crippen LogP contribution is 2.41. The summed E-state index contributed by atoms with van der Waals surface area (Å²) in [6.45, 7) is 11.1. The fraction of sp³-hybridized carbons (Fsp3) is 0.609. The number of esters is 1. The lowest BCUT2D eigenvalue weighted by Gasteiger charge is -2.29. The van der Waals surface area contributed by atoms with Gasteiger partial charge in [-0.2, -0.15) is 0 Å². The Hall–Kier alpha value is -2.97. The van der Waals surface area contributed by atoms with Gasteiger partial charge in [0.1, 0.15) is 17.2 Å². The molecule has 2 atom stereocenters. The quantitative estimate of drug-likeness (QED) is 0.640. The first-order valence-corrected chi connectivity index (χ1v) is 10.7. The highest BCUT2D eigenvalue weighted by molar-refractivity contribution is 6.02. The van der Waals surface area contributed by atoms with Crippen LogP contribution in [0.25, 0.3) is 0 Å². The number of amides is 1. The van der Waals surface area contributed by atoms with Gasteiger partial charge in [-0.05, 0) is 59.7 Å². The maximum atomic E-state index is 13.0. The van der Waals surface area contributed by atoms with Crippen LogP contribution in [-0.4, -0.2) is 58.9 Å². The SMILES string of the molecule is CC(C)(C)OC(=O)[C@@H]1C[C@]2(CC(c3ccc4c(c3)OCO4)=NO2)CN1C(=O)OC(C)(C)C. The van der Waals surface area contributed by atoms with Gasteiger partial charge >= 0.3 is 12.1 Å². The third-order valence-corrected chi connectivity index (χ3v) is 5.25. The number of hydrogen-bond acceptors (Lipinski definition) is 8. The fourth-order valence-electron chi connectivity index (χ4n) is 3.99. The molecular weight excluding hydrogens is 416 g/mol. The first-order chi connectivity index (χ1) is 14.8. The molecule has 3 heterocycles. The first-order valence-electron chi connectivity index (χ1n) is 10.7. The normalized spacial score (nSPS) is 24.4. The van der Waals surface area contributed by atoms with Gasteiger partial charge in [-0.25, -0.2) is 9.59 Å².